The van der Waals surface area contributed by atoms with E-state index in [-0.39, 0.29) is 25.3 Å². The number of fused-ring (bicyclic) bond motifs is 1. The Kier molecular flexibility index (Phi) is 5.64. The van der Waals surface area contributed by atoms with Crippen LogP contribution in [0.4, 0.5) is 4.79 Å². The van der Waals surface area contributed by atoms with Crippen LogP contribution in [0.1, 0.15) is 56.4 Å². The standard InChI is InChI=1S/C22H30N4O4S/c27-22(30-17-5-2-1-3-6-17)25-14-18(15-25)31(28,29)26-11-8-16(9-12-26)19-13-24-20-7-4-10-23-21(19)20/h4,7,10,13,16-18,24H,1-3,5-6,8-9,11-12,14-15H2. The summed E-state index contributed by atoms with van der Waals surface area (Å²) in [6, 6.07) is 3.91. The summed E-state index contributed by atoms with van der Waals surface area (Å²) >= 11 is 0. The van der Waals surface area contributed by atoms with E-state index in [1.807, 2.05) is 18.3 Å². The zero-order chi connectivity index (χ0) is 21.4. The highest BCUT2D eigenvalue weighted by Gasteiger charge is 2.44. The molecule has 3 fully saturated rings. The minimum absolute atomic E-state index is 0.00469. The first-order valence-electron chi connectivity index (χ1n) is 11.4. The van der Waals surface area contributed by atoms with Gasteiger partial charge in [-0.2, -0.15) is 0 Å². The number of pyridine rings is 1. The van der Waals surface area contributed by atoms with Crippen LogP contribution in [0.5, 0.6) is 0 Å². The molecule has 0 atom stereocenters. The predicted octanol–water partition coefficient (Wildman–Crippen LogP) is 3.23. The Hall–Kier alpha value is -2.13. The average molecular weight is 447 g/mol. The number of hydrogen-bond donors (Lipinski definition) is 1. The summed E-state index contributed by atoms with van der Waals surface area (Å²) in [5.74, 6) is 0.304. The van der Waals surface area contributed by atoms with Crippen LogP contribution in [0.3, 0.4) is 0 Å². The van der Waals surface area contributed by atoms with E-state index < -0.39 is 15.3 Å². The zero-order valence-corrected chi connectivity index (χ0v) is 18.5. The lowest BCUT2D eigenvalue weighted by molar-refractivity contribution is 0.0328. The fourth-order valence-electron chi connectivity index (χ4n) is 5.09. The molecule has 168 valence electrons. The number of likely N-dealkylation sites (tertiary alicyclic amines) is 1. The lowest BCUT2D eigenvalue weighted by Gasteiger charge is -2.42. The molecule has 0 aromatic carbocycles. The van der Waals surface area contributed by atoms with Crippen molar-refractivity contribution in [3.05, 3.63) is 30.1 Å². The highest BCUT2D eigenvalue weighted by molar-refractivity contribution is 7.89. The Morgan fingerprint density at radius 1 is 1.10 bits per heavy atom. The number of H-pyrrole nitrogens is 1. The lowest BCUT2D eigenvalue weighted by Crippen LogP contribution is -2.60. The second-order valence-electron chi connectivity index (χ2n) is 9.03. The maximum Gasteiger partial charge on any atom is 0.410 e. The molecule has 2 saturated heterocycles. The van der Waals surface area contributed by atoms with Crippen molar-refractivity contribution in [1.29, 1.82) is 0 Å². The number of rotatable bonds is 4. The van der Waals surface area contributed by atoms with Gasteiger partial charge in [0.2, 0.25) is 10.0 Å². The molecule has 31 heavy (non-hydrogen) atoms. The van der Waals surface area contributed by atoms with Gasteiger partial charge in [0.1, 0.15) is 11.4 Å². The molecule has 0 bridgehead atoms. The number of nitrogens with one attached hydrogen (secondary N) is 1. The van der Waals surface area contributed by atoms with Crippen LogP contribution in [0.25, 0.3) is 11.0 Å². The van der Waals surface area contributed by atoms with E-state index in [0.29, 0.717) is 19.0 Å². The Bertz CT molecular complexity index is 1030. The second kappa shape index (κ2) is 8.43. The Morgan fingerprint density at radius 2 is 1.84 bits per heavy atom. The maximum absolute atomic E-state index is 13.1. The van der Waals surface area contributed by atoms with Crippen molar-refractivity contribution in [3.8, 4) is 0 Å². The molecule has 9 heteroatoms. The minimum atomic E-state index is -3.40. The molecule has 1 aliphatic carbocycles. The van der Waals surface area contributed by atoms with Crippen molar-refractivity contribution < 1.29 is 17.9 Å². The maximum atomic E-state index is 13.1. The van der Waals surface area contributed by atoms with Crippen LogP contribution in [-0.2, 0) is 14.8 Å². The van der Waals surface area contributed by atoms with Crippen molar-refractivity contribution in [1.82, 2.24) is 19.2 Å². The van der Waals surface area contributed by atoms with Gasteiger partial charge in [0, 0.05) is 38.6 Å². The third-order valence-corrected chi connectivity index (χ3v) is 9.29. The first-order chi connectivity index (χ1) is 15.0. The number of hydrogen-bond acceptors (Lipinski definition) is 5. The molecule has 1 N–H and O–H groups in total. The summed E-state index contributed by atoms with van der Waals surface area (Å²) in [5.41, 5.74) is 3.17. The summed E-state index contributed by atoms with van der Waals surface area (Å²) in [4.78, 5) is 21.6. The van der Waals surface area contributed by atoms with Crippen LogP contribution >= 0.6 is 0 Å². The van der Waals surface area contributed by atoms with Gasteiger partial charge in [-0.15, -0.1) is 0 Å². The molecule has 4 heterocycles. The van der Waals surface area contributed by atoms with Gasteiger partial charge in [0.25, 0.3) is 0 Å². The first kappa shape index (κ1) is 20.8. The number of nitrogens with zero attached hydrogens (tertiary/aromatic N) is 3. The SMILES string of the molecule is O=C(OC1CCCCC1)N1CC(S(=O)(=O)N2CCC(c3c[nH]c4cccnc34)CC2)C1. The van der Waals surface area contributed by atoms with Crippen molar-refractivity contribution in [2.45, 2.75) is 62.2 Å². The number of aromatic amines is 1. The van der Waals surface area contributed by atoms with Gasteiger partial charge in [-0.1, -0.05) is 6.42 Å². The van der Waals surface area contributed by atoms with Crippen LogP contribution in [0.15, 0.2) is 24.5 Å². The summed E-state index contributed by atoms with van der Waals surface area (Å²) in [6.07, 6.45) is 10.2. The van der Waals surface area contributed by atoms with Crippen LogP contribution in [-0.4, -0.2) is 71.2 Å². The Labute approximate surface area is 183 Å². The van der Waals surface area contributed by atoms with Gasteiger partial charge < -0.3 is 14.6 Å². The van der Waals surface area contributed by atoms with E-state index in [1.165, 1.54) is 16.9 Å². The molecule has 5 rings (SSSR count). The van der Waals surface area contributed by atoms with E-state index >= 15 is 0 Å². The lowest BCUT2D eigenvalue weighted by atomic mass is 9.91. The number of carbonyl (C=O) groups excluding carboxylic acids is 1. The Morgan fingerprint density at radius 3 is 2.58 bits per heavy atom. The number of piperidine rings is 1. The van der Waals surface area contributed by atoms with Crippen molar-refractivity contribution in [2.75, 3.05) is 26.2 Å². The monoisotopic (exact) mass is 446 g/mol. The number of ether oxygens (including phenoxy) is 1. The number of amides is 1. The molecular formula is C22H30N4O4S. The quantitative estimate of drug-likeness (QED) is 0.778. The number of sulfonamides is 1. The zero-order valence-electron chi connectivity index (χ0n) is 17.7. The molecule has 0 spiro atoms. The highest BCUT2D eigenvalue weighted by atomic mass is 32.2. The van der Waals surface area contributed by atoms with Crippen LogP contribution < -0.4 is 0 Å². The van der Waals surface area contributed by atoms with Gasteiger partial charge in [-0.25, -0.2) is 17.5 Å². The van der Waals surface area contributed by atoms with Gasteiger partial charge in [0.15, 0.2) is 0 Å². The van der Waals surface area contributed by atoms with E-state index in [0.717, 1.165) is 49.6 Å². The fourth-order valence-corrected chi connectivity index (χ4v) is 6.97. The van der Waals surface area contributed by atoms with Gasteiger partial charge in [0.05, 0.1) is 11.0 Å². The van der Waals surface area contributed by atoms with E-state index in [1.54, 1.807) is 10.5 Å². The molecule has 1 amide bonds. The van der Waals surface area contributed by atoms with E-state index in [4.69, 9.17) is 4.74 Å². The molecule has 0 unspecified atom stereocenters. The number of aromatic nitrogens is 2. The smallest absolute Gasteiger partial charge is 0.410 e. The van der Waals surface area contributed by atoms with Crippen molar-refractivity contribution in [2.24, 2.45) is 0 Å². The average Bonchev–Trinajstić information content (AvgIpc) is 3.17. The van der Waals surface area contributed by atoms with Gasteiger partial charge in [-0.3, -0.25) is 4.98 Å². The van der Waals surface area contributed by atoms with Crippen molar-refractivity contribution >= 4 is 27.1 Å². The molecule has 3 aliphatic rings. The second-order valence-corrected chi connectivity index (χ2v) is 11.2. The molecule has 8 nitrogen and oxygen atoms in total. The molecule has 2 aliphatic heterocycles. The fraction of sp³-hybridized carbons (Fsp3) is 0.636. The van der Waals surface area contributed by atoms with Crippen molar-refractivity contribution in [3.63, 3.8) is 0 Å². The van der Waals surface area contributed by atoms with Gasteiger partial charge in [-0.05, 0) is 62.1 Å². The molecule has 0 radical (unpaired) electrons. The molecular weight excluding hydrogens is 416 g/mol. The van der Waals surface area contributed by atoms with Crippen LogP contribution in [0, 0.1) is 0 Å². The predicted molar refractivity (Wildman–Crippen MR) is 117 cm³/mol. The first-order valence-corrected chi connectivity index (χ1v) is 12.9. The summed E-state index contributed by atoms with van der Waals surface area (Å²) in [6.45, 7) is 1.49. The van der Waals surface area contributed by atoms with E-state index in [9.17, 15) is 13.2 Å². The van der Waals surface area contributed by atoms with Gasteiger partial charge >= 0.3 is 6.09 Å². The van der Waals surface area contributed by atoms with E-state index in [2.05, 4.69) is 9.97 Å². The summed E-state index contributed by atoms with van der Waals surface area (Å²) in [7, 11) is -3.40. The molecule has 2 aromatic heterocycles. The summed E-state index contributed by atoms with van der Waals surface area (Å²) < 4.78 is 33.3. The summed E-state index contributed by atoms with van der Waals surface area (Å²) in [5, 5.41) is -0.516. The Balaban J connectivity index is 1.14. The molecule has 2 aromatic rings. The minimum Gasteiger partial charge on any atom is -0.446 e. The normalized spacial score (nSPS) is 22.5. The molecule has 1 saturated carbocycles. The third-order valence-electron chi connectivity index (χ3n) is 7.07. The number of carbonyl (C=O) groups is 1. The topological polar surface area (TPSA) is 95.6 Å². The third kappa shape index (κ3) is 4.05. The highest BCUT2D eigenvalue weighted by Crippen LogP contribution is 2.34. The largest absolute Gasteiger partial charge is 0.446 e. The van der Waals surface area contributed by atoms with Crippen LogP contribution in [0.2, 0.25) is 0 Å².